The summed E-state index contributed by atoms with van der Waals surface area (Å²) < 4.78 is 16.9. The molecule has 32 heavy (non-hydrogen) atoms. The first-order chi connectivity index (χ1) is 15.6. The van der Waals surface area contributed by atoms with Gasteiger partial charge in [-0.3, -0.25) is 4.90 Å². The number of hydrogen-bond donors (Lipinski definition) is 2. The second kappa shape index (κ2) is 11.0. The Bertz CT molecular complexity index is 936. The second-order valence-electron chi connectivity index (χ2n) is 7.85. The summed E-state index contributed by atoms with van der Waals surface area (Å²) in [5, 5.41) is 3.81. The Hall–Kier alpha value is -2.39. The van der Waals surface area contributed by atoms with Gasteiger partial charge in [-0.2, -0.15) is 0 Å². The number of benzene rings is 1. The van der Waals surface area contributed by atoms with Crippen molar-refractivity contribution in [1.29, 1.82) is 0 Å². The molecule has 2 unspecified atom stereocenters. The van der Waals surface area contributed by atoms with Gasteiger partial charge in [0.2, 0.25) is 0 Å². The van der Waals surface area contributed by atoms with Gasteiger partial charge in [0.05, 0.1) is 43.1 Å². The van der Waals surface area contributed by atoms with Crippen molar-refractivity contribution < 1.29 is 14.2 Å². The van der Waals surface area contributed by atoms with Gasteiger partial charge in [0, 0.05) is 31.2 Å². The fourth-order valence-corrected chi connectivity index (χ4v) is 3.86. The van der Waals surface area contributed by atoms with E-state index >= 15 is 0 Å². The summed E-state index contributed by atoms with van der Waals surface area (Å²) in [5.41, 5.74) is 7.68. The third-order valence-electron chi connectivity index (χ3n) is 5.54. The zero-order valence-electron chi connectivity index (χ0n) is 18.3. The molecule has 1 saturated carbocycles. The predicted molar refractivity (Wildman–Crippen MR) is 126 cm³/mol. The molecule has 8 nitrogen and oxygen atoms in total. The summed E-state index contributed by atoms with van der Waals surface area (Å²) in [6, 6.07) is 5.52. The Morgan fingerprint density at radius 2 is 2.16 bits per heavy atom. The van der Waals surface area contributed by atoms with Crippen LogP contribution < -0.4 is 15.8 Å². The molecule has 2 fully saturated rings. The van der Waals surface area contributed by atoms with Crippen molar-refractivity contribution in [1.82, 2.24) is 14.9 Å². The van der Waals surface area contributed by atoms with E-state index in [0.717, 1.165) is 57.1 Å². The van der Waals surface area contributed by atoms with E-state index in [0.29, 0.717) is 34.9 Å². The molecule has 1 aliphatic heterocycles. The normalized spacial score (nSPS) is 21.1. The second-order valence-corrected chi connectivity index (χ2v) is 8.25. The number of anilines is 3. The molecule has 1 aromatic carbocycles. The average molecular weight is 460 g/mol. The predicted octanol–water partition coefficient (Wildman–Crippen LogP) is 3.61. The van der Waals surface area contributed by atoms with E-state index in [-0.39, 0.29) is 6.10 Å². The SMILES string of the molecule is CCOc1ccc(Nc2ncnc(N)c2C=CC2CC2OCCN2CCOCC2)cc1Cl. The third kappa shape index (κ3) is 6.10. The van der Waals surface area contributed by atoms with Crippen LogP contribution in [0, 0.1) is 5.92 Å². The van der Waals surface area contributed by atoms with Crippen LogP contribution in [-0.4, -0.2) is 67.0 Å². The number of nitrogens with zero attached hydrogens (tertiary/aromatic N) is 3. The molecule has 0 bridgehead atoms. The molecule has 4 rings (SSSR count). The highest BCUT2D eigenvalue weighted by atomic mass is 35.5. The number of morpholine rings is 1. The molecular weight excluding hydrogens is 430 g/mol. The van der Waals surface area contributed by atoms with Crippen LogP contribution in [0.3, 0.4) is 0 Å². The average Bonchev–Trinajstić information content (AvgIpc) is 3.54. The molecule has 0 spiro atoms. The molecule has 2 atom stereocenters. The molecule has 1 aliphatic carbocycles. The van der Waals surface area contributed by atoms with Gasteiger partial charge in [0.25, 0.3) is 0 Å². The number of ether oxygens (including phenoxy) is 3. The summed E-state index contributed by atoms with van der Waals surface area (Å²) >= 11 is 6.30. The lowest BCUT2D eigenvalue weighted by atomic mass is 10.2. The first-order valence-electron chi connectivity index (χ1n) is 11.0. The standard InChI is InChI=1S/C23H30ClN5O3/c1-2-31-20-6-4-17(14-19(20)24)28-23-18(22(25)26-15-27-23)5-3-16-13-21(16)32-12-9-29-7-10-30-11-8-29/h3-6,14-16,21H,2,7-13H2,1H3,(H3,25,26,27,28). The first-order valence-corrected chi connectivity index (χ1v) is 11.4. The fourth-order valence-electron chi connectivity index (χ4n) is 3.62. The minimum Gasteiger partial charge on any atom is -0.492 e. The lowest BCUT2D eigenvalue weighted by Crippen LogP contribution is -2.38. The molecule has 172 valence electrons. The first kappa shape index (κ1) is 22.8. The highest BCUT2D eigenvalue weighted by Crippen LogP contribution is 2.36. The maximum absolute atomic E-state index is 6.30. The van der Waals surface area contributed by atoms with Crippen molar-refractivity contribution in [2.24, 2.45) is 5.92 Å². The molecule has 2 heterocycles. The summed E-state index contributed by atoms with van der Waals surface area (Å²) in [6.45, 7) is 7.78. The lowest BCUT2D eigenvalue weighted by Gasteiger charge is -2.26. The summed E-state index contributed by atoms with van der Waals surface area (Å²) in [4.78, 5) is 10.9. The van der Waals surface area contributed by atoms with Crippen LogP contribution in [-0.2, 0) is 9.47 Å². The Morgan fingerprint density at radius 3 is 2.94 bits per heavy atom. The largest absolute Gasteiger partial charge is 0.492 e. The van der Waals surface area contributed by atoms with Crippen LogP contribution in [0.15, 0.2) is 30.6 Å². The molecule has 9 heteroatoms. The van der Waals surface area contributed by atoms with Crippen molar-refractivity contribution in [2.45, 2.75) is 19.4 Å². The Labute approximate surface area is 193 Å². The molecule has 2 aliphatic rings. The molecular formula is C23H30ClN5O3. The van der Waals surface area contributed by atoms with E-state index in [1.807, 2.05) is 25.1 Å². The van der Waals surface area contributed by atoms with Crippen LogP contribution in [0.25, 0.3) is 6.08 Å². The van der Waals surface area contributed by atoms with Crippen molar-refractivity contribution in [3.63, 3.8) is 0 Å². The summed E-state index contributed by atoms with van der Waals surface area (Å²) in [5.74, 6) is 2.07. The fraction of sp³-hybridized carbons (Fsp3) is 0.478. The molecule has 0 radical (unpaired) electrons. The minimum absolute atomic E-state index is 0.263. The van der Waals surface area contributed by atoms with E-state index in [1.165, 1.54) is 6.33 Å². The maximum Gasteiger partial charge on any atom is 0.143 e. The Morgan fingerprint density at radius 1 is 1.31 bits per heavy atom. The maximum atomic E-state index is 6.30. The zero-order valence-corrected chi connectivity index (χ0v) is 19.1. The summed E-state index contributed by atoms with van der Waals surface area (Å²) in [7, 11) is 0. The van der Waals surface area contributed by atoms with Gasteiger partial charge in [-0.25, -0.2) is 9.97 Å². The van der Waals surface area contributed by atoms with Gasteiger partial charge < -0.3 is 25.3 Å². The molecule has 1 aromatic heterocycles. The smallest absolute Gasteiger partial charge is 0.143 e. The van der Waals surface area contributed by atoms with Crippen LogP contribution in [0.2, 0.25) is 5.02 Å². The zero-order chi connectivity index (χ0) is 22.3. The molecule has 0 amide bonds. The van der Waals surface area contributed by atoms with Crippen LogP contribution >= 0.6 is 11.6 Å². The van der Waals surface area contributed by atoms with E-state index in [1.54, 1.807) is 6.07 Å². The van der Waals surface area contributed by atoms with Gasteiger partial charge in [-0.15, -0.1) is 0 Å². The van der Waals surface area contributed by atoms with Crippen molar-refractivity contribution in [2.75, 3.05) is 57.1 Å². The molecule has 1 saturated heterocycles. The van der Waals surface area contributed by atoms with E-state index in [2.05, 4.69) is 26.3 Å². The van der Waals surface area contributed by atoms with Crippen LogP contribution in [0.1, 0.15) is 18.9 Å². The van der Waals surface area contributed by atoms with Gasteiger partial charge in [0.1, 0.15) is 23.7 Å². The van der Waals surface area contributed by atoms with E-state index < -0.39 is 0 Å². The summed E-state index contributed by atoms with van der Waals surface area (Å²) in [6.07, 6.45) is 6.83. The number of halogens is 1. The topological polar surface area (TPSA) is 94.8 Å². The number of rotatable bonds is 10. The molecule has 2 aromatic rings. The van der Waals surface area contributed by atoms with Crippen molar-refractivity contribution in [3.05, 3.63) is 41.2 Å². The van der Waals surface area contributed by atoms with E-state index in [4.69, 9.17) is 31.5 Å². The Balaban J connectivity index is 1.33. The quantitative estimate of drug-likeness (QED) is 0.556. The monoisotopic (exact) mass is 459 g/mol. The highest BCUT2D eigenvalue weighted by molar-refractivity contribution is 6.32. The Kier molecular flexibility index (Phi) is 7.81. The number of aromatic nitrogens is 2. The van der Waals surface area contributed by atoms with Gasteiger partial charge in [-0.05, 0) is 31.5 Å². The van der Waals surface area contributed by atoms with Crippen molar-refractivity contribution >= 4 is 35.0 Å². The number of nitrogens with one attached hydrogen (secondary N) is 1. The third-order valence-corrected chi connectivity index (χ3v) is 5.84. The number of nitrogen functional groups attached to an aromatic ring is 1. The van der Waals surface area contributed by atoms with E-state index in [9.17, 15) is 0 Å². The lowest BCUT2D eigenvalue weighted by molar-refractivity contribution is 0.0170. The number of nitrogens with two attached hydrogens (primary N) is 1. The van der Waals surface area contributed by atoms with Crippen molar-refractivity contribution in [3.8, 4) is 5.75 Å². The highest BCUT2D eigenvalue weighted by Gasteiger charge is 2.36. The van der Waals surface area contributed by atoms with Crippen LogP contribution in [0.5, 0.6) is 5.75 Å². The van der Waals surface area contributed by atoms with Gasteiger partial charge in [-0.1, -0.05) is 23.8 Å². The minimum atomic E-state index is 0.263. The number of hydrogen-bond acceptors (Lipinski definition) is 8. The van der Waals surface area contributed by atoms with Crippen LogP contribution in [0.4, 0.5) is 17.3 Å². The molecule has 3 N–H and O–H groups in total. The van der Waals surface area contributed by atoms with Gasteiger partial charge in [0.15, 0.2) is 0 Å². The van der Waals surface area contributed by atoms with Gasteiger partial charge >= 0.3 is 0 Å².